The van der Waals surface area contributed by atoms with Crippen LogP contribution in [-0.2, 0) is 4.74 Å². The minimum Gasteiger partial charge on any atom is -0.373 e. The van der Waals surface area contributed by atoms with Crippen LogP contribution in [0.5, 0.6) is 0 Å². The van der Waals surface area contributed by atoms with Crippen LogP contribution < -0.4 is 11.3 Å². The van der Waals surface area contributed by atoms with E-state index in [0.29, 0.717) is 0 Å². The van der Waals surface area contributed by atoms with Gasteiger partial charge in [-0.25, -0.2) is 5.43 Å². The number of hydrogen-bond acceptors (Lipinski definition) is 4. The molecule has 2 atom stereocenters. The van der Waals surface area contributed by atoms with Gasteiger partial charge in [0, 0.05) is 11.5 Å². The van der Waals surface area contributed by atoms with Crippen molar-refractivity contribution in [1.29, 1.82) is 0 Å². The summed E-state index contributed by atoms with van der Waals surface area (Å²) in [4.78, 5) is 1.29. The second kappa shape index (κ2) is 4.22. The molecule has 0 spiro atoms. The minimum absolute atomic E-state index is 0.111. The van der Waals surface area contributed by atoms with E-state index < -0.39 is 0 Å². The van der Waals surface area contributed by atoms with Crippen LogP contribution in [0.1, 0.15) is 36.2 Å². The first-order valence-corrected chi connectivity index (χ1v) is 6.19. The van der Waals surface area contributed by atoms with E-state index in [9.17, 15) is 0 Å². The van der Waals surface area contributed by atoms with Gasteiger partial charge in [0.1, 0.15) is 0 Å². The standard InChI is InChI=1S/C11H18N2OS/c1-8-4-7-15-9(8)10(13-12)11(2)5-3-6-14-11/h4,7,10,13H,3,5-6,12H2,1-2H3. The Kier molecular flexibility index (Phi) is 3.11. The molecule has 1 fully saturated rings. The number of hydrazine groups is 1. The van der Waals surface area contributed by atoms with Gasteiger partial charge in [0.25, 0.3) is 0 Å². The number of nitrogens with one attached hydrogen (secondary N) is 1. The maximum absolute atomic E-state index is 5.84. The number of rotatable bonds is 3. The first-order chi connectivity index (χ1) is 7.17. The number of ether oxygens (including phenoxy) is 1. The number of hydrogen-bond donors (Lipinski definition) is 2. The van der Waals surface area contributed by atoms with Gasteiger partial charge < -0.3 is 4.74 Å². The van der Waals surface area contributed by atoms with Crippen molar-refractivity contribution in [2.24, 2.45) is 5.84 Å². The highest BCUT2D eigenvalue weighted by Crippen LogP contribution is 2.39. The average Bonchev–Trinajstić information content (AvgIpc) is 2.79. The van der Waals surface area contributed by atoms with Gasteiger partial charge in [-0.1, -0.05) is 0 Å². The lowest BCUT2D eigenvalue weighted by atomic mass is 9.91. The summed E-state index contributed by atoms with van der Waals surface area (Å²) in [6.07, 6.45) is 2.19. The molecule has 1 aliphatic rings. The fraction of sp³-hybridized carbons (Fsp3) is 0.636. The lowest BCUT2D eigenvalue weighted by molar-refractivity contribution is -0.0117. The molecule has 0 amide bonds. The maximum Gasteiger partial charge on any atom is 0.0870 e. The molecule has 2 heterocycles. The first kappa shape index (κ1) is 11.1. The van der Waals surface area contributed by atoms with Crippen LogP contribution in [0.15, 0.2) is 11.4 Å². The van der Waals surface area contributed by atoms with E-state index in [1.807, 2.05) is 0 Å². The Hall–Kier alpha value is -0.420. The van der Waals surface area contributed by atoms with E-state index in [4.69, 9.17) is 10.6 Å². The molecule has 0 saturated carbocycles. The molecule has 0 aromatic carbocycles. The largest absolute Gasteiger partial charge is 0.373 e. The fourth-order valence-electron chi connectivity index (χ4n) is 2.24. The maximum atomic E-state index is 5.84. The third kappa shape index (κ3) is 1.95. The van der Waals surface area contributed by atoms with E-state index in [1.165, 1.54) is 10.4 Å². The molecule has 3 nitrogen and oxygen atoms in total. The zero-order valence-corrected chi connectivity index (χ0v) is 10.1. The van der Waals surface area contributed by atoms with Crippen LogP contribution in [0.25, 0.3) is 0 Å². The third-order valence-electron chi connectivity index (χ3n) is 3.19. The molecular weight excluding hydrogens is 208 g/mol. The van der Waals surface area contributed by atoms with Gasteiger partial charge in [-0.05, 0) is 43.7 Å². The second-order valence-electron chi connectivity index (χ2n) is 4.33. The normalized spacial score (nSPS) is 28.2. The Bertz CT molecular complexity index is 331. The first-order valence-electron chi connectivity index (χ1n) is 5.31. The van der Waals surface area contributed by atoms with Gasteiger partial charge in [-0.3, -0.25) is 5.84 Å². The van der Waals surface area contributed by atoms with Gasteiger partial charge >= 0.3 is 0 Å². The molecule has 2 rings (SSSR count). The molecule has 1 aromatic rings. The molecule has 4 heteroatoms. The molecule has 3 N–H and O–H groups in total. The lowest BCUT2D eigenvalue weighted by Gasteiger charge is -2.32. The summed E-state index contributed by atoms with van der Waals surface area (Å²) in [7, 11) is 0. The molecule has 15 heavy (non-hydrogen) atoms. The van der Waals surface area contributed by atoms with Crippen molar-refractivity contribution < 1.29 is 4.74 Å². The van der Waals surface area contributed by atoms with Gasteiger partial charge in [-0.2, -0.15) is 0 Å². The molecule has 1 aromatic heterocycles. The van der Waals surface area contributed by atoms with Gasteiger partial charge in [0.05, 0.1) is 11.6 Å². The van der Waals surface area contributed by atoms with Gasteiger partial charge in [0.15, 0.2) is 0 Å². The fourth-order valence-corrected chi connectivity index (χ4v) is 3.36. The van der Waals surface area contributed by atoms with E-state index >= 15 is 0 Å². The van der Waals surface area contributed by atoms with Crippen LogP contribution in [0.4, 0.5) is 0 Å². The Morgan fingerprint density at radius 1 is 1.67 bits per heavy atom. The quantitative estimate of drug-likeness (QED) is 0.613. The van der Waals surface area contributed by atoms with Gasteiger partial charge in [-0.15, -0.1) is 11.3 Å². The SMILES string of the molecule is Cc1ccsc1C(NN)C1(C)CCCO1. The van der Waals surface area contributed by atoms with Crippen LogP contribution in [0.2, 0.25) is 0 Å². The molecule has 0 aliphatic carbocycles. The average molecular weight is 226 g/mol. The summed E-state index contributed by atoms with van der Waals surface area (Å²) in [6, 6.07) is 2.24. The Labute approximate surface area is 94.6 Å². The predicted molar refractivity (Wildman–Crippen MR) is 62.7 cm³/mol. The molecular formula is C11H18N2OS. The summed E-state index contributed by atoms with van der Waals surface area (Å²) in [6.45, 7) is 5.11. The zero-order valence-electron chi connectivity index (χ0n) is 9.25. The highest BCUT2D eigenvalue weighted by molar-refractivity contribution is 7.10. The summed E-state index contributed by atoms with van der Waals surface area (Å²) in [5.74, 6) is 5.67. The second-order valence-corrected chi connectivity index (χ2v) is 5.28. The Morgan fingerprint density at radius 3 is 2.93 bits per heavy atom. The lowest BCUT2D eigenvalue weighted by Crippen LogP contribution is -2.44. The number of nitrogens with two attached hydrogens (primary N) is 1. The van der Waals surface area contributed by atoms with Crippen LogP contribution in [0, 0.1) is 6.92 Å². The molecule has 84 valence electrons. The Morgan fingerprint density at radius 2 is 2.47 bits per heavy atom. The van der Waals surface area contributed by atoms with Crippen LogP contribution >= 0.6 is 11.3 Å². The highest BCUT2D eigenvalue weighted by atomic mass is 32.1. The number of aryl methyl sites for hydroxylation is 1. The van der Waals surface area contributed by atoms with Crippen molar-refractivity contribution in [2.75, 3.05) is 6.61 Å². The predicted octanol–water partition coefficient (Wildman–Crippen LogP) is 2.13. The van der Waals surface area contributed by atoms with E-state index in [0.717, 1.165) is 19.4 Å². The topological polar surface area (TPSA) is 47.3 Å². The molecule has 0 bridgehead atoms. The van der Waals surface area contributed by atoms with E-state index in [-0.39, 0.29) is 11.6 Å². The monoisotopic (exact) mass is 226 g/mol. The summed E-state index contributed by atoms with van der Waals surface area (Å²) in [5, 5.41) is 2.10. The van der Waals surface area contributed by atoms with Gasteiger partial charge in [0.2, 0.25) is 0 Å². The molecule has 1 aliphatic heterocycles. The summed E-state index contributed by atoms with van der Waals surface area (Å²) < 4.78 is 5.84. The van der Waals surface area contributed by atoms with Crippen molar-refractivity contribution in [3.05, 3.63) is 21.9 Å². The Balaban J connectivity index is 2.27. The van der Waals surface area contributed by atoms with E-state index in [2.05, 4.69) is 30.7 Å². The minimum atomic E-state index is -0.148. The van der Waals surface area contributed by atoms with Crippen molar-refractivity contribution in [1.82, 2.24) is 5.43 Å². The highest BCUT2D eigenvalue weighted by Gasteiger charge is 2.39. The zero-order chi connectivity index (χ0) is 10.9. The third-order valence-corrected chi connectivity index (χ3v) is 4.27. The van der Waals surface area contributed by atoms with Crippen molar-refractivity contribution in [2.45, 2.75) is 38.3 Å². The molecule has 2 unspecified atom stereocenters. The van der Waals surface area contributed by atoms with Crippen LogP contribution in [-0.4, -0.2) is 12.2 Å². The van der Waals surface area contributed by atoms with E-state index in [1.54, 1.807) is 11.3 Å². The summed E-state index contributed by atoms with van der Waals surface area (Å²) in [5.41, 5.74) is 4.06. The van der Waals surface area contributed by atoms with Crippen molar-refractivity contribution in [3.8, 4) is 0 Å². The number of thiophene rings is 1. The van der Waals surface area contributed by atoms with Crippen molar-refractivity contribution in [3.63, 3.8) is 0 Å². The smallest absolute Gasteiger partial charge is 0.0870 e. The summed E-state index contributed by atoms with van der Waals surface area (Å²) >= 11 is 1.75. The van der Waals surface area contributed by atoms with Crippen LogP contribution in [0.3, 0.4) is 0 Å². The molecule has 0 radical (unpaired) electrons. The van der Waals surface area contributed by atoms with Crippen molar-refractivity contribution >= 4 is 11.3 Å². The molecule has 1 saturated heterocycles.